The Kier molecular flexibility index (Phi) is 4.05. The van der Waals surface area contributed by atoms with Crippen LogP contribution >= 0.6 is 0 Å². The summed E-state index contributed by atoms with van der Waals surface area (Å²) in [5.41, 5.74) is 5.44. The van der Waals surface area contributed by atoms with Gasteiger partial charge in [-0.05, 0) is 49.4 Å². The third-order valence-electron chi connectivity index (χ3n) is 3.67. The summed E-state index contributed by atoms with van der Waals surface area (Å²) < 4.78 is 2.03. The smallest absolute Gasteiger partial charge is 0.121 e. The van der Waals surface area contributed by atoms with E-state index in [0.717, 1.165) is 29.8 Å². The van der Waals surface area contributed by atoms with E-state index in [0.29, 0.717) is 0 Å². The van der Waals surface area contributed by atoms with E-state index >= 15 is 0 Å². The lowest BCUT2D eigenvalue weighted by atomic mass is 9.96. The van der Waals surface area contributed by atoms with Crippen LogP contribution in [0.4, 0.5) is 0 Å². The van der Waals surface area contributed by atoms with Gasteiger partial charge in [-0.25, -0.2) is 4.98 Å². The van der Waals surface area contributed by atoms with Crippen LogP contribution in [-0.4, -0.2) is 14.7 Å². The van der Waals surface area contributed by atoms with Crippen molar-refractivity contribution in [2.24, 2.45) is 0 Å². The molecule has 0 bridgehead atoms. The monoisotopic (exact) mass is 258 g/mol. The molecule has 1 unspecified atom stereocenters. The largest absolute Gasteiger partial charge is 0.382 e. The van der Waals surface area contributed by atoms with E-state index < -0.39 is 6.10 Å². The lowest BCUT2D eigenvalue weighted by molar-refractivity contribution is 0.209. The summed E-state index contributed by atoms with van der Waals surface area (Å²) in [5.74, 6) is 0. The second kappa shape index (κ2) is 5.57. The molecule has 0 aliphatic carbocycles. The fourth-order valence-electron chi connectivity index (χ4n) is 2.42. The Bertz CT molecular complexity index is 572. The first-order valence-corrected chi connectivity index (χ1v) is 6.80. The van der Waals surface area contributed by atoms with Gasteiger partial charge in [-0.2, -0.15) is 0 Å². The van der Waals surface area contributed by atoms with E-state index in [2.05, 4.69) is 37.9 Å². The van der Waals surface area contributed by atoms with Crippen LogP contribution in [0.5, 0.6) is 0 Å². The van der Waals surface area contributed by atoms with Crippen molar-refractivity contribution in [3.8, 4) is 0 Å². The summed E-state index contributed by atoms with van der Waals surface area (Å²) in [6.45, 7) is 9.23. The van der Waals surface area contributed by atoms with Gasteiger partial charge in [0.05, 0.1) is 18.2 Å². The normalized spacial score (nSPS) is 12.7. The number of aliphatic hydroxyl groups is 1. The van der Waals surface area contributed by atoms with Gasteiger partial charge in [0.15, 0.2) is 0 Å². The molecule has 0 fully saturated rings. The molecule has 0 aliphatic heterocycles. The molecule has 19 heavy (non-hydrogen) atoms. The van der Waals surface area contributed by atoms with Gasteiger partial charge in [-0.3, -0.25) is 0 Å². The fourth-order valence-corrected chi connectivity index (χ4v) is 2.42. The molecule has 3 heteroatoms. The summed E-state index contributed by atoms with van der Waals surface area (Å²) in [5, 5.41) is 10.6. The quantitative estimate of drug-likeness (QED) is 0.913. The van der Waals surface area contributed by atoms with E-state index in [1.165, 1.54) is 11.1 Å². The first-order chi connectivity index (χ1) is 9.04. The molecule has 0 amide bonds. The Labute approximate surface area is 114 Å². The third kappa shape index (κ3) is 2.71. The Morgan fingerprint density at radius 2 is 1.84 bits per heavy atom. The van der Waals surface area contributed by atoms with Crippen molar-refractivity contribution in [1.82, 2.24) is 9.55 Å². The van der Waals surface area contributed by atoms with Crippen molar-refractivity contribution >= 4 is 0 Å². The zero-order valence-corrected chi connectivity index (χ0v) is 12.1. The molecule has 1 aromatic heterocycles. The maximum atomic E-state index is 10.6. The van der Waals surface area contributed by atoms with Crippen LogP contribution in [0.1, 0.15) is 47.4 Å². The number of hydrogen-bond donors (Lipinski definition) is 1. The summed E-state index contributed by atoms with van der Waals surface area (Å²) in [4.78, 5) is 4.16. The molecule has 0 spiro atoms. The van der Waals surface area contributed by atoms with Gasteiger partial charge in [0.25, 0.3) is 0 Å². The molecular weight excluding hydrogens is 236 g/mol. The summed E-state index contributed by atoms with van der Waals surface area (Å²) >= 11 is 0. The lowest BCUT2D eigenvalue weighted by Crippen LogP contribution is -2.10. The number of hydrogen-bond acceptors (Lipinski definition) is 2. The maximum Gasteiger partial charge on any atom is 0.121 e. The topological polar surface area (TPSA) is 38.0 Å². The van der Waals surface area contributed by atoms with E-state index in [-0.39, 0.29) is 0 Å². The number of aromatic nitrogens is 2. The summed E-state index contributed by atoms with van der Waals surface area (Å²) in [6, 6.07) is 4.22. The molecule has 0 radical (unpaired) electrons. The Hall–Kier alpha value is -1.61. The minimum Gasteiger partial charge on any atom is -0.382 e. The molecular formula is C16H22N2O. The number of rotatable bonds is 4. The van der Waals surface area contributed by atoms with Crippen molar-refractivity contribution in [2.45, 2.75) is 46.8 Å². The van der Waals surface area contributed by atoms with E-state index in [9.17, 15) is 5.11 Å². The minimum absolute atomic E-state index is 0.603. The average molecular weight is 258 g/mol. The molecule has 102 valence electrons. The SMILES string of the molecule is CCCn1cncc1C(O)c1cc(C)c(C)cc1C. The Morgan fingerprint density at radius 1 is 1.16 bits per heavy atom. The Balaban J connectivity index is 2.41. The zero-order valence-electron chi connectivity index (χ0n) is 12.1. The molecule has 1 aromatic carbocycles. The number of aryl methyl sites for hydroxylation is 4. The van der Waals surface area contributed by atoms with Crippen molar-refractivity contribution in [3.63, 3.8) is 0 Å². The highest BCUT2D eigenvalue weighted by molar-refractivity contribution is 5.40. The molecule has 2 rings (SSSR count). The van der Waals surface area contributed by atoms with Crippen LogP contribution in [0.3, 0.4) is 0 Å². The molecule has 1 heterocycles. The second-order valence-electron chi connectivity index (χ2n) is 5.21. The third-order valence-corrected chi connectivity index (χ3v) is 3.67. The Morgan fingerprint density at radius 3 is 2.53 bits per heavy atom. The van der Waals surface area contributed by atoms with Gasteiger partial charge in [-0.15, -0.1) is 0 Å². The highest BCUT2D eigenvalue weighted by atomic mass is 16.3. The first kappa shape index (κ1) is 13.8. The molecule has 1 atom stereocenters. The van der Waals surface area contributed by atoms with Crippen molar-refractivity contribution < 1.29 is 5.11 Å². The fraction of sp³-hybridized carbons (Fsp3) is 0.438. The van der Waals surface area contributed by atoms with Gasteiger partial charge >= 0.3 is 0 Å². The van der Waals surface area contributed by atoms with Gasteiger partial charge in [0.2, 0.25) is 0 Å². The average Bonchev–Trinajstić information content (AvgIpc) is 2.82. The van der Waals surface area contributed by atoms with Gasteiger partial charge < -0.3 is 9.67 Å². The molecule has 0 aliphatic rings. The van der Waals surface area contributed by atoms with Crippen LogP contribution in [0, 0.1) is 20.8 Å². The van der Waals surface area contributed by atoms with Crippen LogP contribution in [-0.2, 0) is 6.54 Å². The van der Waals surface area contributed by atoms with E-state index in [1.54, 1.807) is 12.5 Å². The molecule has 0 saturated carbocycles. The van der Waals surface area contributed by atoms with Crippen LogP contribution in [0.25, 0.3) is 0 Å². The van der Waals surface area contributed by atoms with E-state index in [1.807, 2.05) is 11.5 Å². The van der Waals surface area contributed by atoms with Crippen molar-refractivity contribution in [3.05, 3.63) is 52.6 Å². The highest BCUT2D eigenvalue weighted by Gasteiger charge is 2.17. The van der Waals surface area contributed by atoms with Crippen molar-refractivity contribution in [2.75, 3.05) is 0 Å². The number of imidazole rings is 1. The van der Waals surface area contributed by atoms with E-state index in [4.69, 9.17) is 0 Å². The second-order valence-corrected chi connectivity index (χ2v) is 5.21. The molecule has 2 aromatic rings. The number of aliphatic hydroxyl groups excluding tert-OH is 1. The lowest BCUT2D eigenvalue weighted by Gasteiger charge is -2.17. The first-order valence-electron chi connectivity index (χ1n) is 6.80. The van der Waals surface area contributed by atoms with Gasteiger partial charge in [-0.1, -0.05) is 19.1 Å². The van der Waals surface area contributed by atoms with Crippen LogP contribution in [0.2, 0.25) is 0 Å². The molecule has 0 saturated heterocycles. The molecule has 3 nitrogen and oxygen atoms in total. The van der Waals surface area contributed by atoms with Crippen molar-refractivity contribution in [1.29, 1.82) is 0 Å². The summed E-state index contributed by atoms with van der Waals surface area (Å²) in [6.07, 6.45) is 3.98. The predicted octanol–water partition coefficient (Wildman–Crippen LogP) is 3.30. The zero-order chi connectivity index (χ0) is 14.0. The number of nitrogens with zero attached hydrogens (tertiary/aromatic N) is 2. The van der Waals surface area contributed by atoms with Gasteiger partial charge in [0, 0.05) is 6.54 Å². The maximum absolute atomic E-state index is 10.6. The predicted molar refractivity (Wildman–Crippen MR) is 77.2 cm³/mol. The summed E-state index contributed by atoms with van der Waals surface area (Å²) in [7, 11) is 0. The number of benzene rings is 1. The van der Waals surface area contributed by atoms with Crippen LogP contribution in [0.15, 0.2) is 24.7 Å². The van der Waals surface area contributed by atoms with Crippen LogP contribution < -0.4 is 0 Å². The highest BCUT2D eigenvalue weighted by Crippen LogP contribution is 2.27. The standard InChI is InChI=1S/C16H22N2O/c1-5-6-18-10-17-9-15(18)16(19)14-8-12(3)11(2)7-13(14)4/h7-10,16,19H,5-6H2,1-4H3. The van der Waals surface area contributed by atoms with Gasteiger partial charge in [0.1, 0.15) is 6.10 Å². The molecule has 1 N–H and O–H groups in total. The minimum atomic E-state index is -0.603.